The zero-order chi connectivity index (χ0) is 11.1. The molecule has 0 bridgehead atoms. The van der Waals surface area contributed by atoms with Crippen molar-refractivity contribution in [2.24, 2.45) is 5.92 Å². The van der Waals surface area contributed by atoms with Crippen LogP contribution in [0.5, 0.6) is 0 Å². The molecular formula is C11H20O3. The molecule has 0 saturated heterocycles. The van der Waals surface area contributed by atoms with E-state index < -0.39 is 0 Å². The van der Waals surface area contributed by atoms with Crippen LogP contribution < -0.4 is 0 Å². The Bertz CT molecular complexity index is 199. The molecule has 0 heterocycles. The van der Waals surface area contributed by atoms with Gasteiger partial charge >= 0.3 is 5.97 Å². The second-order valence-corrected chi connectivity index (χ2v) is 3.89. The molecule has 0 aliphatic rings. The van der Waals surface area contributed by atoms with Crippen molar-refractivity contribution in [1.82, 2.24) is 0 Å². The third-order valence-electron chi connectivity index (χ3n) is 2.34. The van der Waals surface area contributed by atoms with Crippen molar-refractivity contribution in [3.63, 3.8) is 0 Å². The van der Waals surface area contributed by atoms with Crippen molar-refractivity contribution in [3.05, 3.63) is 0 Å². The molecule has 2 atom stereocenters. The first kappa shape index (κ1) is 13.1. The van der Waals surface area contributed by atoms with Crippen LogP contribution in [0.4, 0.5) is 0 Å². The first-order valence-electron chi connectivity index (χ1n) is 5.10. The highest BCUT2D eigenvalue weighted by molar-refractivity contribution is 5.75. The van der Waals surface area contributed by atoms with Gasteiger partial charge in [-0.1, -0.05) is 6.92 Å². The van der Waals surface area contributed by atoms with Crippen molar-refractivity contribution in [1.29, 1.82) is 0 Å². The van der Waals surface area contributed by atoms with Crippen LogP contribution in [-0.2, 0) is 14.3 Å². The summed E-state index contributed by atoms with van der Waals surface area (Å²) in [4.78, 5) is 21.4. The predicted molar refractivity (Wildman–Crippen MR) is 54.9 cm³/mol. The number of Topliss-reactive ketones (excluding diaryl/α,β-unsaturated/α-hetero) is 1. The molecule has 14 heavy (non-hydrogen) atoms. The van der Waals surface area contributed by atoms with Crippen LogP contribution in [0.3, 0.4) is 0 Å². The third kappa shape index (κ3) is 6.63. The van der Waals surface area contributed by atoms with Gasteiger partial charge in [-0.2, -0.15) is 0 Å². The summed E-state index contributed by atoms with van der Waals surface area (Å²) in [5, 5.41) is 0. The molecule has 0 aliphatic heterocycles. The van der Waals surface area contributed by atoms with E-state index in [4.69, 9.17) is 4.74 Å². The molecule has 0 rings (SSSR count). The summed E-state index contributed by atoms with van der Waals surface area (Å²) in [7, 11) is 0. The molecule has 0 aromatic rings. The SMILES string of the molecule is CC(=O)CCCC(C)C(C)OC(C)=O. The first-order chi connectivity index (χ1) is 6.43. The molecule has 3 heteroatoms. The van der Waals surface area contributed by atoms with E-state index in [0.29, 0.717) is 12.3 Å². The van der Waals surface area contributed by atoms with Crippen LogP contribution in [0.1, 0.15) is 47.0 Å². The molecule has 0 aromatic heterocycles. The monoisotopic (exact) mass is 200 g/mol. The summed E-state index contributed by atoms with van der Waals surface area (Å²) in [5.41, 5.74) is 0. The van der Waals surface area contributed by atoms with Gasteiger partial charge in [0.1, 0.15) is 11.9 Å². The van der Waals surface area contributed by atoms with E-state index >= 15 is 0 Å². The van der Waals surface area contributed by atoms with Crippen molar-refractivity contribution < 1.29 is 14.3 Å². The summed E-state index contributed by atoms with van der Waals surface area (Å²) in [5.74, 6) is 0.298. The topological polar surface area (TPSA) is 43.4 Å². The van der Waals surface area contributed by atoms with Gasteiger partial charge in [-0.05, 0) is 32.6 Å². The second kappa shape index (κ2) is 6.57. The van der Waals surface area contributed by atoms with Gasteiger partial charge in [0.05, 0.1) is 0 Å². The van der Waals surface area contributed by atoms with Gasteiger partial charge in [-0.3, -0.25) is 4.79 Å². The normalized spacial score (nSPS) is 14.6. The maximum absolute atomic E-state index is 10.7. The Kier molecular flexibility index (Phi) is 6.17. The smallest absolute Gasteiger partial charge is 0.302 e. The van der Waals surface area contributed by atoms with Crippen LogP contribution in [-0.4, -0.2) is 17.9 Å². The zero-order valence-electron chi connectivity index (χ0n) is 9.50. The summed E-state index contributed by atoms with van der Waals surface area (Å²) in [6.07, 6.45) is 2.37. The van der Waals surface area contributed by atoms with Crippen LogP contribution in [0.15, 0.2) is 0 Å². The van der Waals surface area contributed by atoms with Gasteiger partial charge in [-0.25, -0.2) is 0 Å². The van der Waals surface area contributed by atoms with Crippen LogP contribution in [0.2, 0.25) is 0 Å². The number of ether oxygens (including phenoxy) is 1. The van der Waals surface area contributed by atoms with Crippen molar-refractivity contribution in [2.75, 3.05) is 0 Å². The maximum Gasteiger partial charge on any atom is 0.302 e. The van der Waals surface area contributed by atoms with E-state index in [1.807, 2.05) is 13.8 Å². The van der Waals surface area contributed by atoms with E-state index in [9.17, 15) is 9.59 Å². The van der Waals surface area contributed by atoms with E-state index in [2.05, 4.69) is 0 Å². The molecule has 2 unspecified atom stereocenters. The standard InChI is InChI=1S/C11H20O3/c1-8(6-5-7-9(2)12)10(3)14-11(4)13/h8,10H,5-7H2,1-4H3. The van der Waals surface area contributed by atoms with E-state index in [1.165, 1.54) is 6.92 Å². The van der Waals surface area contributed by atoms with Gasteiger partial charge < -0.3 is 9.53 Å². The summed E-state index contributed by atoms with van der Waals surface area (Å²) in [6, 6.07) is 0. The van der Waals surface area contributed by atoms with Crippen LogP contribution in [0.25, 0.3) is 0 Å². The maximum atomic E-state index is 10.7. The minimum Gasteiger partial charge on any atom is -0.463 e. The minimum absolute atomic E-state index is 0.0561. The third-order valence-corrected chi connectivity index (χ3v) is 2.34. The van der Waals surface area contributed by atoms with Gasteiger partial charge in [-0.15, -0.1) is 0 Å². The number of ketones is 1. The highest BCUT2D eigenvalue weighted by Crippen LogP contribution is 2.15. The summed E-state index contributed by atoms with van der Waals surface area (Å²) in [6.45, 7) is 6.94. The molecule has 0 aliphatic carbocycles. The minimum atomic E-state index is -0.240. The van der Waals surface area contributed by atoms with Gasteiger partial charge in [0.15, 0.2) is 0 Å². The van der Waals surface area contributed by atoms with Crippen molar-refractivity contribution >= 4 is 11.8 Å². The highest BCUT2D eigenvalue weighted by Gasteiger charge is 2.14. The van der Waals surface area contributed by atoms with Crippen LogP contribution >= 0.6 is 0 Å². The number of rotatable bonds is 6. The lowest BCUT2D eigenvalue weighted by Gasteiger charge is -2.19. The molecule has 0 aromatic carbocycles. The number of esters is 1. The second-order valence-electron chi connectivity index (χ2n) is 3.89. The molecule has 0 radical (unpaired) electrons. The molecule has 0 N–H and O–H groups in total. The lowest BCUT2D eigenvalue weighted by molar-refractivity contribution is -0.147. The number of hydrogen-bond acceptors (Lipinski definition) is 3. The van der Waals surface area contributed by atoms with Crippen molar-refractivity contribution in [2.45, 2.75) is 53.1 Å². The fraction of sp³-hybridized carbons (Fsp3) is 0.818. The largest absolute Gasteiger partial charge is 0.463 e. The number of carbonyl (C=O) groups excluding carboxylic acids is 2. The van der Waals surface area contributed by atoms with E-state index in [-0.39, 0.29) is 17.9 Å². The average molecular weight is 200 g/mol. The fourth-order valence-corrected chi connectivity index (χ4v) is 1.29. The summed E-state index contributed by atoms with van der Waals surface area (Å²) >= 11 is 0. The Morgan fingerprint density at radius 2 is 1.79 bits per heavy atom. The molecule has 0 fully saturated rings. The Morgan fingerprint density at radius 3 is 2.21 bits per heavy atom. The van der Waals surface area contributed by atoms with Crippen molar-refractivity contribution in [3.8, 4) is 0 Å². The van der Waals surface area contributed by atoms with Gasteiger partial charge in [0.25, 0.3) is 0 Å². The number of hydrogen-bond donors (Lipinski definition) is 0. The molecule has 0 amide bonds. The average Bonchev–Trinajstić information content (AvgIpc) is 2.01. The summed E-state index contributed by atoms with van der Waals surface area (Å²) < 4.78 is 5.05. The highest BCUT2D eigenvalue weighted by atomic mass is 16.5. The molecular weight excluding hydrogens is 180 g/mol. The Balaban J connectivity index is 3.66. The first-order valence-corrected chi connectivity index (χ1v) is 5.10. The molecule has 82 valence electrons. The quantitative estimate of drug-likeness (QED) is 0.618. The van der Waals surface area contributed by atoms with Gasteiger partial charge in [0, 0.05) is 13.3 Å². The fourth-order valence-electron chi connectivity index (χ4n) is 1.29. The Hall–Kier alpha value is -0.860. The van der Waals surface area contributed by atoms with E-state index in [0.717, 1.165) is 12.8 Å². The Labute approximate surface area is 85.8 Å². The predicted octanol–water partition coefficient (Wildman–Crippen LogP) is 2.33. The lowest BCUT2D eigenvalue weighted by atomic mass is 9.98. The molecule has 3 nitrogen and oxygen atoms in total. The molecule has 0 saturated carbocycles. The van der Waals surface area contributed by atoms with E-state index in [1.54, 1.807) is 6.92 Å². The molecule has 0 spiro atoms. The van der Waals surface area contributed by atoms with Crippen LogP contribution in [0, 0.1) is 5.92 Å². The zero-order valence-corrected chi connectivity index (χ0v) is 9.50. The Morgan fingerprint density at radius 1 is 1.21 bits per heavy atom. The number of carbonyl (C=O) groups is 2. The lowest BCUT2D eigenvalue weighted by Crippen LogP contribution is -2.20. The van der Waals surface area contributed by atoms with Gasteiger partial charge in [0.2, 0.25) is 0 Å².